The van der Waals surface area contributed by atoms with Crippen molar-refractivity contribution in [2.75, 3.05) is 23.0 Å². The van der Waals surface area contributed by atoms with Crippen LogP contribution in [-0.2, 0) is 0 Å². The van der Waals surface area contributed by atoms with Crippen molar-refractivity contribution in [2.24, 2.45) is 5.41 Å². The summed E-state index contributed by atoms with van der Waals surface area (Å²) in [6.07, 6.45) is 18.7. The lowest BCUT2D eigenvalue weighted by Gasteiger charge is -2.32. The van der Waals surface area contributed by atoms with E-state index in [4.69, 9.17) is 0 Å². The fourth-order valence-electron chi connectivity index (χ4n) is 3.39. The van der Waals surface area contributed by atoms with Gasteiger partial charge in [0.25, 0.3) is 0 Å². The second kappa shape index (κ2) is 15.0. The van der Waals surface area contributed by atoms with Gasteiger partial charge < -0.3 is 5.11 Å². The zero-order valence-electron chi connectivity index (χ0n) is 17.5. The maximum absolute atomic E-state index is 10.4. The molecule has 0 aromatic rings. The van der Waals surface area contributed by atoms with E-state index < -0.39 is 0 Å². The molecule has 0 bridgehead atoms. The minimum Gasteiger partial charge on any atom is -0.512 e. The van der Waals surface area contributed by atoms with Crippen LogP contribution in [0.25, 0.3) is 0 Å². The van der Waals surface area contributed by atoms with E-state index in [0.717, 1.165) is 17.9 Å². The molecule has 0 fully saturated rings. The van der Waals surface area contributed by atoms with E-state index in [1.54, 1.807) is 0 Å². The molecule has 1 rings (SSSR count). The molecule has 1 nitrogen and oxygen atoms in total. The Morgan fingerprint density at radius 1 is 0.846 bits per heavy atom. The third-order valence-electron chi connectivity index (χ3n) is 5.21. The van der Waals surface area contributed by atoms with Crippen LogP contribution in [0, 0.1) is 5.41 Å². The second-order valence-electron chi connectivity index (χ2n) is 8.05. The van der Waals surface area contributed by atoms with Crippen LogP contribution in [0.1, 0.15) is 91.4 Å². The molecule has 0 spiro atoms. The van der Waals surface area contributed by atoms with Crippen LogP contribution in [-0.4, -0.2) is 28.1 Å². The Morgan fingerprint density at radius 3 is 2.04 bits per heavy atom. The first kappa shape index (κ1) is 24.0. The largest absolute Gasteiger partial charge is 0.512 e. The predicted octanol–water partition coefficient (Wildman–Crippen LogP) is 8.17. The number of hydrogen-bond donors (Lipinski definition) is 1. The molecule has 1 aliphatic carbocycles. The zero-order chi connectivity index (χ0) is 19.1. The lowest BCUT2D eigenvalue weighted by molar-refractivity contribution is 0.257. The van der Waals surface area contributed by atoms with Gasteiger partial charge in [0.2, 0.25) is 0 Å². The molecule has 0 aromatic heterocycles. The standard InChI is InChI=1S/C23H42OS2/c1-4-6-8-10-12-16-25-19-21-14-15-22(24)23(3,18-21)20-26-17-13-11-9-7-5-2/h14-15,24H,4-13,16-20H2,1-3H3. The second-order valence-corrected chi connectivity index (χ2v) is 10.3. The van der Waals surface area contributed by atoms with Gasteiger partial charge >= 0.3 is 0 Å². The number of aliphatic hydroxyl groups excluding tert-OH is 1. The molecule has 0 amide bonds. The molecule has 1 atom stereocenters. The Bertz CT molecular complexity index is 416. The van der Waals surface area contributed by atoms with E-state index in [0.29, 0.717) is 5.76 Å². The minimum absolute atomic E-state index is 0.0557. The Morgan fingerprint density at radius 2 is 1.42 bits per heavy atom. The van der Waals surface area contributed by atoms with Crippen molar-refractivity contribution in [3.63, 3.8) is 0 Å². The summed E-state index contributed by atoms with van der Waals surface area (Å²) in [5.41, 5.74) is 1.45. The normalized spacial score (nSPS) is 20.1. The van der Waals surface area contributed by atoms with Crippen molar-refractivity contribution < 1.29 is 5.11 Å². The van der Waals surface area contributed by atoms with Crippen molar-refractivity contribution in [3.8, 4) is 0 Å². The fourth-order valence-corrected chi connectivity index (χ4v) is 5.65. The highest BCUT2D eigenvalue weighted by Gasteiger charge is 2.32. The summed E-state index contributed by atoms with van der Waals surface area (Å²) in [6, 6.07) is 0. The van der Waals surface area contributed by atoms with Crippen LogP contribution in [0.3, 0.4) is 0 Å². The van der Waals surface area contributed by atoms with Gasteiger partial charge in [0.15, 0.2) is 0 Å². The maximum atomic E-state index is 10.4. The zero-order valence-corrected chi connectivity index (χ0v) is 19.2. The van der Waals surface area contributed by atoms with Gasteiger partial charge in [0, 0.05) is 16.9 Å². The number of aliphatic hydroxyl groups is 1. The Hall–Kier alpha value is -0.0200. The third kappa shape index (κ3) is 10.3. The van der Waals surface area contributed by atoms with Crippen molar-refractivity contribution in [3.05, 3.63) is 23.5 Å². The van der Waals surface area contributed by atoms with Crippen LogP contribution in [0.4, 0.5) is 0 Å². The number of unbranched alkanes of at least 4 members (excludes halogenated alkanes) is 8. The van der Waals surface area contributed by atoms with Crippen molar-refractivity contribution >= 4 is 23.5 Å². The van der Waals surface area contributed by atoms with E-state index in [1.165, 1.54) is 81.3 Å². The van der Waals surface area contributed by atoms with Crippen molar-refractivity contribution in [1.82, 2.24) is 0 Å². The maximum Gasteiger partial charge on any atom is 0.0992 e. The molecular formula is C23H42OS2. The highest BCUT2D eigenvalue weighted by molar-refractivity contribution is 7.99. The number of thioether (sulfide) groups is 2. The number of allylic oxidation sites excluding steroid dienone is 3. The molecule has 0 aliphatic heterocycles. The van der Waals surface area contributed by atoms with Crippen LogP contribution in [0.2, 0.25) is 0 Å². The Balaban J connectivity index is 2.20. The molecule has 152 valence electrons. The van der Waals surface area contributed by atoms with Gasteiger partial charge in [0.1, 0.15) is 0 Å². The molecule has 26 heavy (non-hydrogen) atoms. The highest BCUT2D eigenvalue weighted by atomic mass is 32.2. The first-order valence-corrected chi connectivity index (χ1v) is 13.2. The molecular weight excluding hydrogens is 356 g/mol. The summed E-state index contributed by atoms with van der Waals surface area (Å²) in [4.78, 5) is 0. The SMILES string of the molecule is CCCCCCCSCC1=CC=C(O)C(C)(CSCCCCCCC)C1. The topological polar surface area (TPSA) is 20.2 Å². The number of rotatable bonds is 16. The van der Waals surface area contributed by atoms with Crippen molar-refractivity contribution in [2.45, 2.75) is 91.4 Å². The smallest absolute Gasteiger partial charge is 0.0992 e. The van der Waals surface area contributed by atoms with E-state index in [1.807, 2.05) is 17.8 Å². The summed E-state index contributed by atoms with van der Waals surface area (Å²) >= 11 is 4.10. The number of hydrogen-bond acceptors (Lipinski definition) is 3. The Kier molecular flexibility index (Phi) is 13.8. The lowest BCUT2D eigenvalue weighted by atomic mass is 9.80. The van der Waals surface area contributed by atoms with Gasteiger partial charge in [-0.3, -0.25) is 0 Å². The molecule has 3 heteroatoms. The first-order valence-electron chi connectivity index (χ1n) is 10.9. The molecule has 0 radical (unpaired) electrons. The minimum atomic E-state index is -0.0557. The molecule has 0 aromatic carbocycles. The van der Waals surface area contributed by atoms with Gasteiger partial charge in [-0.25, -0.2) is 0 Å². The van der Waals surface area contributed by atoms with Gasteiger partial charge in [-0.2, -0.15) is 23.5 Å². The van der Waals surface area contributed by atoms with Crippen LogP contribution in [0.15, 0.2) is 23.5 Å². The lowest BCUT2D eigenvalue weighted by Crippen LogP contribution is -2.26. The van der Waals surface area contributed by atoms with Crippen molar-refractivity contribution in [1.29, 1.82) is 0 Å². The van der Waals surface area contributed by atoms with E-state index in [2.05, 4.69) is 38.6 Å². The van der Waals surface area contributed by atoms with E-state index in [9.17, 15) is 5.11 Å². The summed E-state index contributed by atoms with van der Waals surface area (Å²) in [5.74, 6) is 5.28. The molecule has 0 saturated carbocycles. The third-order valence-corrected chi connectivity index (χ3v) is 7.78. The summed E-state index contributed by atoms with van der Waals surface area (Å²) < 4.78 is 0. The predicted molar refractivity (Wildman–Crippen MR) is 124 cm³/mol. The van der Waals surface area contributed by atoms with Gasteiger partial charge in [0.05, 0.1) is 5.76 Å². The Labute approximate surface area is 171 Å². The van der Waals surface area contributed by atoms with Crippen LogP contribution in [0.5, 0.6) is 0 Å². The highest BCUT2D eigenvalue weighted by Crippen LogP contribution is 2.40. The summed E-state index contributed by atoms with van der Waals surface area (Å²) in [6.45, 7) is 6.78. The van der Waals surface area contributed by atoms with Gasteiger partial charge in [-0.15, -0.1) is 0 Å². The molecule has 1 unspecified atom stereocenters. The quantitative estimate of drug-likeness (QED) is 0.265. The van der Waals surface area contributed by atoms with Gasteiger partial charge in [-0.1, -0.05) is 83.8 Å². The first-order chi connectivity index (χ1) is 12.6. The van der Waals surface area contributed by atoms with Crippen LogP contribution < -0.4 is 0 Å². The fraction of sp³-hybridized carbons (Fsp3) is 0.826. The van der Waals surface area contributed by atoms with Crippen LogP contribution >= 0.6 is 23.5 Å². The monoisotopic (exact) mass is 398 g/mol. The molecule has 0 heterocycles. The summed E-state index contributed by atoms with van der Waals surface area (Å²) in [5, 5.41) is 10.4. The van der Waals surface area contributed by atoms with Gasteiger partial charge in [-0.05, 0) is 36.8 Å². The average molecular weight is 399 g/mol. The molecule has 0 saturated heterocycles. The molecule has 1 aliphatic rings. The average Bonchev–Trinajstić information content (AvgIpc) is 2.63. The molecule has 1 N–H and O–H groups in total. The van der Waals surface area contributed by atoms with E-state index >= 15 is 0 Å². The summed E-state index contributed by atoms with van der Waals surface area (Å²) in [7, 11) is 0. The van der Waals surface area contributed by atoms with E-state index in [-0.39, 0.29) is 5.41 Å².